The smallest absolute Gasteiger partial charge is 0.266 e. The van der Waals surface area contributed by atoms with Crippen LogP contribution in [-0.4, -0.2) is 16.7 Å². The molecule has 0 bridgehead atoms. The Morgan fingerprint density at radius 3 is 2.07 bits per heavy atom. The zero-order valence-electron chi connectivity index (χ0n) is 7.73. The molecule has 1 aromatic carbocycles. The van der Waals surface area contributed by atoms with Gasteiger partial charge in [-0.3, -0.25) is 9.59 Å². The van der Waals surface area contributed by atoms with Gasteiger partial charge in [-0.25, -0.2) is 4.90 Å². The second-order valence-corrected chi connectivity index (χ2v) is 3.05. The molecule has 0 saturated carbocycles. The zero-order valence-corrected chi connectivity index (χ0v) is 7.73. The number of amides is 2. The van der Waals surface area contributed by atoms with Gasteiger partial charge in [0.05, 0.1) is 11.1 Å². The molecular weight excluding hydrogens is 192 g/mol. The van der Waals surface area contributed by atoms with Crippen molar-refractivity contribution in [2.75, 3.05) is 0 Å². The number of hydrogen-bond acceptors (Lipinski definition) is 3. The van der Waals surface area contributed by atoms with E-state index >= 15 is 0 Å². The summed E-state index contributed by atoms with van der Waals surface area (Å²) < 4.78 is 0. The molecule has 1 aromatic rings. The highest BCUT2D eigenvalue weighted by Gasteiger charge is 2.36. The third-order valence-corrected chi connectivity index (χ3v) is 2.19. The summed E-state index contributed by atoms with van der Waals surface area (Å²) in [6.45, 7) is 3.36. The fourth-order valence-electron chi connectivity index (χ4n) is 1.48. The van der Waals surface area contributed by atoms with E-state index in [1.807, 2.05) is 0 Å². The summed E-state index contributed by atoms with van der Waals surface area (Å²) in [6, 6.07) is 8.14. The van der Waals surface area contributed by atoms with Crippen LogP contribution in [0.15, 0.2) is 36.5 Å². The van der Waals surface area contributed by atoms with Crippen LogP contribution in [0.1, 0.15) is 20.7 Å². The number of allylic oxidation sites excluding steroid dienone is 1. The maximum Gasteiger partial charge on any atom is 0.266 e. The molecular formula is C11H6N2O2. The van der Waals surface area contributed by atoms with Gasteiger partial charge in [0.2, 0.25) is 0 Å². The molecule has 2 rings (SSSR count). The van der Waals surface area contributed by atoms with Gasteiger partial charge < -0.3 is 0 Å². The van der Waals surface area contributed by atoms with E-state index in [1.54, 1.807) is 30.3 Å². The first kappa shape index (κ1) is 9.16. The van der Waals surface area contributed by atoms with E-state index in [2.05, 4.69) is 6.58 Å². The predicted molar refractivity (Wildman–Crippen MR) is 51.7 cm³/mol. The van der Waals surface area contributed by atoms with E-state index < -0.39 is 11.8 Å². The summed E-state index contributed by atoms with van der Waals surface area (Å²) in [5, 5.41) is 8.61. The lowest BCUT2D eigenvalue weighted by Gasteiger charge is -2.09. The van der Waals surface area contributed by atoms with Gasteiger partial charge in [-0.2, -0.15) is 5.26 Å². The van der Waals surface area contributed by atoms with Crippen molar-refractivity contribution in [3.05, 3.63) is 47.7 Å². The van der Waals surface area contributed by atoms with Gasteiger partial charge >= 0.3 is 0 Å². The first-order valence-electron chi connectivity index (χ1n) is 4.23. The van der Waals surface area contributed by atoms with Crippen molar-refractivity contribution in [3.8, 4) is 6.07 Å². The molecule has 72 valence electrons. The van der Waals surface area contributed by atoms with Crippen LogP contribution in [0, 0.1) is 11.3 Å². The van der Waals surface area contributed by atoms with Crippen molar-refractivity contribution in [1.29, 1.82) is 5.26 Å². The Kier molecular flexibility index (Phi) is 1.87. The Bertz CT molecular complexity index is 491. The second kappa shape index (κ2) is 3.07. The number of carbonyl (C=O) groups is 2. The minimum Gasteiger partial charge on any atom is -0.268 e. The monoisotopic (exact) mass is 198 g/mol. The molecule has 0 aromatic heterocycles. The van der Waals surface area contributed by atoms with Crippen molar-refractivity contribution in [3.63, 3.8) is 0 Å². The highest BCUT2D eigenvalue weighted by molar-refractivity contribution is 6.22. The summed E-state index contributed by atoms with van der Waals surface area (Å²) in [5.41, 5.74) is 0.485. The van der Waals surface area contributed by atoms with Gasteiger partial charge in [-0.15, -0.1) is 0 Å². The van der Waals surface area contributed by atoms with Crippen LogP contribution in [0.5, 0.6) is 0 Å². The van der Waals surface area contributed by atoms with E-state index in [0.29, 0.717) is 11.1 Å². The first-order valence-corrected chi connectivity index (χ1v) is 4.23. The SMILES string of the molecule is C=C(C#N)N1C(=O)c2ccccc2C1=O. The lowest BCUT2D eigenvalue weighted by molar-refractivity contribution is 0.0711. The summed E-state index contributed by atoms with van der Waals surface area (Å²) >= 11 is 0. The average Bonchev–Trinajstić information content (AvgIpc) is 2.52. The molecule has 4 heteroatoms. The molecule has 0 unspecified atom stereocenters. The molecule has 4 nitrogen and oxygen atoms in total. The van der Waals surface area contributed by atoms with Crippen LogP contribution in [-0.2, 0) is 0 Å². The van der Waals surface area contributed by atoms with Gasteiger partial charge in [-0.1, -0.05) is 18.7 Å². The largest absolute Gasteiger partial charge is 0.268 e. The maximum atomic E-state index is 11.7. The van der Waals surface area contributed by atoms with E-state index in [4.69, 9.17) is 5.26 Å². The number of carbonyl (C=O) groups excluding carboxylic acids is 2. The van der Waals surface area contributed by atoms with E-state index in [-0.39, 0.29) is 5.70 Å². The van der Waals surface area contributed by atoms with Crippen LogP contribution in [0.25, 0.3) is 0 Å². The molecule has 2 amide bonds. The molecule has 1 heterocycles. The first-order chi connectivity index (χ1) is 7.16. The molecule has 1 aliphatic heterocycles. The van der Waals surface area contributed by atoms with Crippen molar-refractivity contribution in [1.82, 2.24) is 4.90 Å². The predicted octanol–water partition coefficient (Wildman–Crippen LogP) is 1.32. The fourth-order valence-corrected chi connectivity index (χ4v) is 1.48. The minimum absolute atomic E-state index is 0.152. The van der Waals surface area contributed by atoms with Gasteiger partial charge in [-0.05, 0) is 12.1 Å². The van der Waals surface area contributed by atoms with Crippen molar-refractivity contribution >= 4 is 11.8 Å². The molecule has 0 N–H and O–H groups in total. The second-order valence-electron chi connectivity index (χ2n) is 3.05. The van der Waals surface area contributed by atoms with Crippen molar-refractivity contribution < 1.29 is 9.59 Å². The van der Waals surface area contributed by atoms with Crippen LogP contribution < -0.4 is 0 Å². The highest BCUT2D eigenvalue weighted by Crippen LogP contribution is 2.24. The number of rotatable bonds is 1. The van der Waals surface area contributed by atoms with Crippen molar-refractivity contribution in [2.45, 2.75) is 0 Å². The number of fused-ring (bicyclic) bond motifs is 1. The standard InChI is InChI=1S/C11H6N2O2/c1-7(6-12)13-10(14)8-4-2-3-5-9(8)11(13)15/h2-5H,1H2. The third kappa shape index (κ3) is 1.14. The van der Waals surface area contributed by atoms with Crippen LogP contribution in [0.2, 0.25) is 0 Å². The third-order valence-electron chi connectivity index (χ3n) is 2.19. The molecule has 0 fully saturated rings. The Morgan fingerprint density at radius 1 is 1.20 bits per heavy atom. The average molecular weight is 198 g/mol. The van der Waals surface area contributed by atoms with Gasteiger partial charge in [0, 0.05) is 0 Å². The number of benzene rings is 1. The molecule has 1 aliphatic rings. The highest BCUT2D eigenvalue weighted by atomic mass is 16.2. The van der Waals surface area contributed by atoms with Gasteiger partial charge in [0.1, 0.15) is 11.8 Å². The Labute approximate surface area is 86.0 Å². The number of hydrogen-bond donors (Lipinski definition) is 0. The number of imide groups is 1. The normalized spacial score (nSPS) is 13.7. The molecule has 0 saturated heterocycles. The summed E-state index contributed by atoms with van der Waals surface area (Å²) in [7, 11) is 0. The lowest BCUT2D eigenvalue weighted by Crippen LogP contribution is -2.27. The fraction of sp³-hybridized carbons (Fsp3) is 0. The van der Waals surface area contributed by atoms with Gasteiger partial charge in [0.25, 0.3) is 11.8 Å². The summed E-state index contributed by atoms with van der Waals surface area (Å²) in [4.78, 5) is 24.2. The summed E-state index contributed by atoms with van der Waals surface area (Å²) in [6.07, 6.45) is 0. The quantitative estimate of drug-likeness (QED) is 0.505. The Hall–Kier alpha value is -2.41. The van der Waals surface area contributed by atoms with Crippen LogP contribution >= 0.6 is 0 Å². The number of nitriles is 1. The topological polar surface area (TPSA) is 61.2 Å². The van der Waals surface area contributed by atoms with E-state index in [9.17, 15) is 9.59 Å². The number of nitrogens with zero attached hydrogens (tertiary/aromatic N) is 2. The summed E-state index contributed by atoms with van der Waals surface area (Å²) in [5.74, 6) is -0.968. The Balaban J connectivity index is 2.56. The maximum absolute atomic E-state index is 11.7. The van der Waals surface area contributed by atoms with Crippen LogP contribution in [0.3, 0.4) is 0 Å². The van der Waals surface area contributed by atoms with Crippen molar-refractivity contribution in [2.24, 2.45) is 0 Å². The van der Waals surface area contributed by atoms with Crippen LogP contribution in [0.4, 0.5) is 0 Å². The minimum atomic E-state index is -0.484. The lowest BCUT2D eigenvalue weighted by atomic mass is 10.1. The molecule has 0 spiro atoms. The molecule has 0 radical (unpaired) electrons. The van der Waals surface area contributed by atoms with Gasteiger partial charge in [0.15, 0.2) is 0 Å². The molecule has 15 heavy (non-hydrogen) atoms. The van der Waals surface area contributed by atoms with E-state index in [0.717, 1.165) is 4.90 Å². The Morgan fingerprint density at radius 2 is 1.67 bits per heavy atom. The molecule has 0 atom stereocenters. The molecule has 0 aliphatic carbocycles. The zero-order chi connectivity index (χ0) is 11.0. The van der Waals surface area contributed by atoms with E-state index in [1.165, 1.54) is 0 Å².